The van der Waals surface area contributed by atoms with Gasteiger partial charge in [-0.15, -0.1) is 0 Å². The number of nitrogens with zero attached hydrogens (tertiary/aromatic N) is 2. The monoisotopic (exact) mass is 254 g/mol. The van der Waals surface area contributed by atoms with Gasteiger partial charge < -0.3 is 20.8 Å². The summed E-state index contributed by atoms with van der Waals surface area (Å²) in [6.07, 6.45) is 2.82. The minimum absolute atomic E-state index is 0.151. The molecule has 0 bridgehead atoms. The predicted molar refractivity (Wildman–Crippen MR) is 71.8 cm³/mol. The Morgan fingerprint density at radius 2 is 1.78 bits per heavy atom. The standard InChI is InChI=1S/C12H22N4O2/c1-4-9-10(13-3)14-8-15-11(9)16-12(5-2,6-17)7-18/h8,17-18H,4-7H2,1-3H3,(H2,13,14,15,16). The predicted octanol–water partition coefficient (Wildman–Crippen LogP) is 0.626. The van der Waals surface area contributed by atoms with Gasteiger partial charge in [-0.3, -0.25) is 0 Å². The van der Waals surface area contributed by atoms with Gasteiger partial charge in [0.25, 0.3) is 0 Å². The number of aliphatic hydroxyl groups is 2. The number of aromatic nitrogens is 2. The zero-order chi connectivity index (χ0) is 13.6. The Bertz CT molecular complexity index is 372. The first-order valence-corrected chi connectivity index (χ1v) is 6.17. The van der Waals surface area contributed by atoms with Crippen LogP contribution in [0, 0.1) is 0 Å². The quantitative estimate of drug-likeness (QED) is 0.570. The summed E-state index contributed by atoms with van der Waals surface area (Å²) in [5, 5.41) is 25.0. The molecular formula is C12H22N4O2. The minimum atomic E-state index is -0.747. The summed E-state index contributed by atoms with van der Waals surface area (Å²) in [5.74, 6) is 1.41. The van der Waals surface area contributed by atoms with E-state index in [0.29, 0.717) is 12.2 Å². The molecule has 6 nitrogen and oxygen atoms in total. The van der Waals surface area contributed by atoms with Crippen LogP contribution in [0.3, 0.4) is 0 Å². The molecule has 0 saturated carbocycles. The summed E-state index contributed by atoms with van der Waals surface area (Å²) < 4.78 is 0. The first-order chi connectivity index (χ1) is 8.66. The van der Waals surface area contributed by atoms with Crippen LogP contribution in [-0.2, 0) is 6.42 Å². The van der Waals surface area contributed by atoms with E-state index < -0.39 is 5.54 Å². The van der Waals surface area contributed by atoms with Crippen molar-refractivity contribution in [3.63, 3.8) is 0 Å². The van der Waals surface area contributed by atoms with Crippen molar-refractivity contribution in [1.82, 2.24) is 9.97 Å². The third-order valence-electron chi connectivity index (χ3n) is 3.20. The zero-order valence-corrected chi connectivity index (χ0v) is 11.2. The van der Waals surface area contributed by atoms with E-state index in [0.717, 1.165) is 17.8 Å². The Hall–Kier alpha value is -1.40. The number of hydrogen-bond acceptors (Lipinski definition) is 6. The largest absolute Gasteiger partial charge is 0.394 e. The number of aliphatic hydroxyl groups excluding tert-OH is 2. The van der Waals surface area contributed by atoms with Crippen LogP contribution in [0.5, 0.6) is 0 Å². The Morgan fingerprint density at radius 3 is 2.22 bits per heavy atom. The van der Waals surface area contributed by atoms with Crippen molar-refractivity contribution < 1.29 is 10.2 Å². The normalized spacial score (nSPS) is 11.4. The second kappa shape index (κ2) is 6.51. The molecular weight excluding hydrogens is 232 g/mol. The smallest absolute Gasteiger partial charge is 0.135 e. The van der Waals surface area contributed by atoms with E-state index in [1.807, 2.05) is 13.8 Å². The fraction of sp³-hybridized carbons (Fsp3) is 0.667. The summed E-state index contributed by atoms with van der Waals surface area (Å²) >= 11 is 0. The summed E-state index contributed by atoms with van der Waals surface area (Å²) in [6, 6.07) is 0. The summed E-state index contributed by atoms with van der Waals surface area (Å²) in [5.41, 5.74) is 0.197. The Labute approximate surface area is 107 Å². The Balaban J connectivity index is 3.09. The van der Waals surface area contributed by atoms with Crippen molar-refractivity contribution >= 4 is 11.6 Å². The topological polar surface area (TPSA) is 90.3 Å². The van der Waals surface area contributed by atoms with Crippen LogP contribution in [0.4, 0.5) is 11.6 Å². The lowest BCUT2D eigenvalue weighted by molar-refractivity contribution is 0.132. The van der Waals surface area contributed by atoms with Crippen LogP contribution in [0.2, 0.25) is 0 Å². The maximum Gasteiger partial charge on any atom is 0.135 e. The van der Waals surface area contributed by atoms with Crippen molar-refractivity contribution in [2.24, 2.45) is 0 Å². The van der Waals surface area contributed by atoms with E-state index in [2.05, 4.69) is 20.6 Å². The highest BCUT2D eigenvalue weighted by Gasteiger charge is 2.28. The highest BCUT2D eigenvalue weighted by molar-refractivity contribution is 5.58. The summed E-state index contributed by atoms with van der Waals surface area (Å²) in [7, 11) is 1.80. The van der Waals surface area contributed by atoms with Gasteiger partial charge in [-0.2, -0.15) is 0 Å². The molecule has 6 heteroatoms. The van der Waals surface area contributed by atoms with Crippen molar-refractivity contribution in [3.8, 4) is 0 Å². The van der Waals surface area contributed by atoms with Gasteiger partial charge in [-0.25, -0.2) is 9.97 Å². The molecule has 0 fully saturated rings. The highest BCUT2D eigenvalue weighted by Crippen LogP contribution is 2.24. The molecule has 0 saturated heterocycles. The molecule has 18 heavy (non-hydrogen) atoms. The molecule has 1 rings (SSSR count). The molecule has 0 atom stereocenters. The van der Waals surface area contributed by atoms with Crippen molar-refractivity contribution in [2.45, 2.75) is 32.2 Å². The lowest BCUT2D eigenvalue weighted by atomic mass is 9.98. The van der Waals surface area contributed by atoms with Gasteiger partial charge in [0.15, 0.2) is 0 Å². The maximum atomic E-state index is 9.45. The molecule has 1 aromatic rings. The molecule has 0 spiro atoms. The van der Waals surface area contributed by atoms with E-state index in [-0.39, 0.29) is 13.2 Å². The molecule has 1 heterocycles. The fourth-order valence-corrected chi connectivity index (χ4v) is 1.76. The molecule has 0 radical (unpaired) electrons. The number of hydrogen-bond donors (Lipinski definition) is 4. The van der Waals surface area contributed by atoms with Gasteiger partial charge >= 0.3 is 0 Å². The molecule has 0 aliphatic carbocycles. The number of anilines is 2. The van der Waals surface area contributed by atoms with Crippen LogP contribution < -0.4 is 10.6 Å². The van der Waals surface area contributed by atoms with Gasteiger partial charge in [0.05, 0.1) is 18.8 Å². The highest BCUT2D eigenvalue weighted by atomic mass is 16.3. The first-order valence-electron chi connectivity index (χ1n) is 6.17. The second-order valence-corrected chi connectivity index (χ2v) is 4.23. The van der Waals surface area contributed by atoms with Crippen molar-refractivity contribution in [1.29, 1.82) is 0 Å². The van der Waals surface area contributed by atoms with Crippen LogP contribution >= 0.6 is 0 Å². The minimum Gasteiger partial charge on any atom is -0.394 e. The SMILES string of the molecule is CCc1c(NC)ncnc1NC(CC)(CO)CO. The van der Waals surface area contributed by atoms with Gasteiger partial charge in [0.2, 0.25) is 0 Å². The molecule has 0 unspecified atom stereocenters. The molecule has 1 aromatic heterocycles. The molecule has 0 aliphatic rings. The van der Waals surface area contributed by atoms with Crippen LogP contribution in [0.15, 0.2) is 6.33 Å². The van der Waals surface area contributed by atoms with E-state index >= 15 is 0 Å². The van der Waals surface area contributed by atoms with Gasteiger partial charge in [-0.05, 0) is 12.8 Å². The number of nitrogens with one attached hydrogen (secondary N) is 2. The second-order valence-electron chi connectivity index (χ2n) is 4.23. The first kappa shape index (κ1) is 14.7. The fourth-order valence-electron chi connectivity index (χ4n) is 1.76. The van der Waals surface area contributed by atoms with Crippen LogP contribution in [0.1, 0.15) is 25.8 Å². The number of rotatable bonds is 7. The average Bonchev–Trinajstić information content (AvgIpc) is 2.44. The van der Waals surface area contributed by atoms with Crippen molar-refractivity contribution in [2.75, 3.05) is 30.9 Å². The van der Waals surface area contributed by atoms with E-state index in [4.69, 9.17) is 0 Å². The van der Waals surface area contributed by atoms with Crippen molar-refractivity contribution in [3.05, 3.63) is 11.9 Å². The van der Waals surface area contributed by atoms with E-state index in [9.17, 15) is 10.2 Å². The summed E-state index contributed by atoms with van der Waals surface area (Å²) in [4.78, 5) is 8.35. The van der Waals surface area contributed by atoms with E-state index in [1.54, 1.807) is 7.05 Å². The Morgan fingerprint density at radius 1 is 1.17 bits per heavy atom. The molecule has 0 amide bonds. The van der Waals surface area contributed by atoms with Gasteiger partial charge in [0, 0.05) is 12.6 Å². The van der Waals surface area contributed by atoms with Crippen LogP contribution in [0.25, 0.3) is 0 Å². The third kappa shape index (κ3) is 2.88. The maximum absolute atomic E-state index is 9.45. The summed E-state index contributed by atoms with van der Waals surface area (Å²) in [6.45, 7) is 3.62. The molecule has 4 N–H and O–H groups in total. The molecule has 102 valence electrons. The van der Waals surface area contributed by atoms with Gasteiger partial charge in [-0.1, -0.05) is 13.8 Å². The zero-order valence-electron chi connectivity index (χ0n) is 11.2. The third-order valence-corrected chi connectivity index (χ3v) is 3.20. The lowest BCUT2D eigenvalue weighted by Crippen LogP contribution is -2.45. The van der Waals surface area contributed by atoms with Gasteiger partial charge in [0.1, 0.15) is 18.0 Å². The lowest BCUT2D eigenvalue weighted by Gasteiger charge is -2.31. The average molecular weight is 254 g/mol. The molecule has 0 aromatic carbocycles. The van der Waals surface area contributed by atoms with E-state index in [1.165, 1.54) is 6.33 Å². The Kier molecular flexibility index (Phi) is 5.30. The molecule has 0 aliphatic heterocycles. The van der Waals surface area contributed by atoms with Crippen LogP contribution in [-0.4, -0.2) is 46.0 Å².